The minimum Gasteiger partial charge on any atom is -0.286 e. The highest BCUT2D eigenvalue weighted by Crippen LogP contribution is 2.23. The maximum absolute atomic E-state index is 11.3. The Bertz CT molecular complexity index is 404. The molecule has 0 aromatic heterocycles. The van der Waals surface area contributed by atoms with Gasteiger partial charge in [0.15, 0.2) is 0 Å². The molecule has 1 heterocycles. The lowest BCUT2D eigenvalue weighted by Crippen LogP contribution is -2.25. The number of carbonyl (C=O) groups excluding carboxylic acids is 2. The molecule has 3 nitrogen and oxygen atoms in total. The number of nitrogens with one attached hydrogen (secondary N) is 1. The molecule has 1 aliphatic rings. The Balaban J connectivity index is 2.06. The zero-order valence-corrected chi connectivity index (χ0v) is 9.27. The maximum atomic E-state index is 11.3. The Morgan fingerprint density at radius 2 is 1.93 bits per heavy atom. The predicted molar refractivity (Wildman–Crippen MR) is 60.1 cm³/mol. The van der Waals surface area contributed by atoms with Gasteiger partial charge in [0.2, 0.25) is 5.91 Å². The van der Waals surface area contributed by atoms with Crippen molar-refractivity contribution < 1.29 is 9.59 Å². The second kappa shape index (κ2) is 4.24. The Hall–Kier alpha value is -1.000. The maximum Gasteiger partial charge on any atom is 0.286 e. The summed E-state index contributed by atoms with van der Waals surface area (Å²) in [5, 5.41) is 2.35. The summed E-state index contributed by atoms with van der Waals surface area (Å²) < 4.78 is 0. The van der Waals surface area contributed by atoms with Crippen molar-refractivity contribution in [1.82, 2.24) is 5.32 Å². The molecule has 5 heteroatoms. The molecule has 2 rings (SSSR count). The number of imide groups is 1. The number of hydrogen-bond donors (Lipinski definition) is 1. The van der Waals surface area contributed by atoms with E-state index in [0.717, 1.165) is 17.3 Å². The van der Waals surface area contributed by atoms with E-state index >= 15 is 0 Å². The first kappa shape index (κ1) is 10.5. The molecule has 1 N–H and O–H groups in total. The average Bonchev–Trinajstić information content (AvgIpc) is 2.49. The van der Waals surface area contributed by atoms with Crippen molar-refractivity contribution in [2.45, 2.75) is 11.7 Å². The van der Waals surface area contributed by atoms with Gasteiger partial charge in [0.25, 0.3) is 5.24 Å². The van der Waals surface area contributed by atoms with E-state index in [0.29, 0.717) is 11.4 Å². The third-order valence-electron chi connectivity index (χ3n) is 2.10. The van der Waals surface area contributed by atoms with Crippen LogP contribution in [0.1, 0.15) is 5.56 Å². The highest BCUT2D eigenvalue weighted by molar-refractivity contribution is 8.15. The molecule has 1 aromatic rings. The van der Waals surface area contributed by atoms with Crippen molar-refractivity contribution in [3.8, 4) is 0 Å². The van der Waals surface area contributed by atoms with Crippen molar-refractivity contribution in [2.75, 3.05) is 0 Å². The summed E-state index contributed by atoms with van der Waals surface area (Å²) in [5.74, 6) is -0.208. The third-order valence-corrected chi connectivity index (χ3v) is 3.33. The van der Waals surface area contributed by atoms with Gasteiger partial charge in [-0.05, 0) is 24.1 Å². The molecule has 1 saturated heterocycles. The summed E-state index contributed by atoms with van der Waals surface area (Å²) in [6, 6.07) is 7.27. The van der Waals surface area contributed by atoms with Crippen molar-refractivity contribution in [3.05, 3.63) is 34.9 Å². The van der Waals surface area contributed by atoms with E-state index in [1.54, 1.807) is 12.1 Å². The number of carbonyl (C=O) groups is 2. The van der Waals surface area contributed by atoms with Crippen LogP contribution in [0.2, 0.25) is 5.02 Å². The number of benzene rings is 1. The number of amides is 2. The van der Waals surface area contributed by atoms with E-state index in [1.165, 1.54) is 0 Å². The topological polar surface area (TPSA) is 46.2 Å². The standard InChI is InChI=1S/C10H8ClNO2S/c11-7-3-1-6(2-4-7)5-8-9(13)12-10(14)15-8/h1-4,8H,5H2,(H,12,13,14)/t8-/m0/s1. The second-order valence-electron chi connectivity index (χ2n) is 3.21. The molecule has 15 heavy (non-hydrogen) atoms. The predicted octanol–water partition coefficient (Wildman–Crippen LogP) is 2.23. The van der Waals surface area contributed by atoms with Gasteiger partial charge >= 0.3 is 0 Å². The van der Waals surface area contributed by atoms with Crippen LogP contribution in [0.4, 0.5) is 4.79 Å². The van der Waals surface area contributed by atoms with Gasteiger partial charge in [-0.3, -0.25) is 14.9 Å². The molecule has 0 spiro atoms. The first-order valence-electron chi connectivity index (χ1n) is 4.41. The van der Waals surface area contributed by atoms with Gasteiger partial charge in [0.05, 0.1) is 5.25 Å². The van der Waals surface area contributed by atoms with E-state index in [9.17, 15) is 9.59 Å². The molecule has 0 radical (unpaired) electrons. The van der Waals surface area contributed by atoms with Gasteiger partial charge in [0, 0.05) is 5.02 Å². The molecule has 0 aliphatic carbocycles. The fourth-order valence-electron chi connectivity index (χ4n) is 1.36. The van der Waals surface area contributed by atoms with Crippen LogP contribution in [0.25, 0.3) is 0 Å². The molecule has 2 amide bonds. The summed E-state index contributed by atoms with van der Waals surface area (Å²) in [4.78, 5) is 22.2. The molecule has 0 bridgehead atoms. The fraction of sp³-hybridized carbons (Fsp3) is 0.200. The summed E-state index contributed by atoms with van der Waals surface area (Å²) >= 11 is 6.78. The van der Waals surface area contributed by atoms with E-state index < -0.39 is 0 Å². The van der Waals surface area contributed by atoms with Gasteiger partial charge in [-0.15, -0.1) is 0 Å². The lowest BCUT2D eigenvalue weighted by Gasteiger charge is -2.04. The molecule has 78 valence electrons. The second-order valence-corrected chi connectivity index (χ2v) is 4.83. The summed E-state index contributed by atoms with van der Waals surface area (Å²) in [5.41, 5.74) is 1.00. The van der Waals surface area contributed by atoms with E-state index in [4.69, 9.17) is 11.6 Å². The van der Waals surface area contributed by atoms with E-state index in [1.807, 2.05) is 12.1 Å². The summed E-state index contributed by atoms with van der Waals surface area (Å²) in [6.07, 6.45) is 0.555. The zero-order chi connectivity index (χ0) is 10.8. The number of rotatable bonds is 2. The van der Waals surface area contributed by atoms with Gasteiger partial charge in [-0.2, -0.15) is 0 Å². The Labute approximate surface area is 96.2 Å². The number of halogens is 1. The van der Waals surface area contributed by atoms with Crippen molar-refractivity contribution in [3.63, 3.8) is 0 Å². The van der Waals surface area contributed by atoms with Crippen LogP contribution in [-0.4, -0.2) is 16.4 Å². The van der Waals surface area contributed by atoms with Crippen LogP contribution in [0.3, 0.4) is 0 Å². The van der Waals surface area contributed by atoms with Gasteiger partial charge in [0.1, 0.15) is 0 Å². The van der Waals surface area contributed by atoms with Crippen LogP contribution < -0.4 is 5.32 Å². The van der Waals surface area contributed by atoms with Gasteiger partial charge in [-0.1, -0.05) is 35.5 Å². The Morgan fingerprint density at radius 3 is 2.47 bits per heavy atom. The molecule has 1 aromatic carbocycles. The first-order chi connectivity index (χ1) is 7.15. The van der Waals surface area contributed by atoms with E-state index in [2.05, 4.69) is 5.32 Å². The molecule has 1 aliphatic heterocycles. The van der Waals surface area contributed by atoms with Gasteiger partial charge in [-0.25, -0.2) is 0 Å². The molecule has 0 saturated carbocycles. The summed E-state index contributed by atoms with van der Waals surface area (Å²) in [7, 11) is 0. The zero-order valence-electron chi connectivity index (χ0n) is 7.70. The van der Waals surface area contributed by atoms with Crippen molar-refractivity contribution in [2.24, 2.45) is 0 Å². The first-order valence-corrected chi connectivity index (χ1v) is 5.67. The highest BCUT2D eigenvalue weighted by Gasteiger charge is 2.31. The van der Waals surface area contributed by atoms with Crippen molar-refractivity contribution in [1.29, 1.82) is 0 Å². The van der Waals surface area contributed by atoms with Gasteiger partial charge < -0.3 is 0 Å². The number of thioether (sulfide) groups is 1. The van der Waals surface area contributed by atoms with E-state index in [-0.39, 0.29) is 16.4 Å². The van der Waals surface area contributed by atoms with Crippen LogP contribution in [0.15, 0.2) is 24.3 Å². The van der Waals surface area contributed by atoms with Crippen LogP contribution >= 0.6 is 23.4 Å². The molecule has 0 unspecified atom stereocenters. The van der Waals surface area contributed by atoms with Crippen molar-refractivity contribution >= 4 is 34.5 Å². The smallest absolute Gasteiger partial charge is 0.286 e. The minimum atomic E-state index is -0.307. The molecule has 1 fully saturated rings. The summed E-state index contributed by atoms with van der Waals surface area (Å²) in [6.45, 7) is 0. The van der Waals surface area contributed by atoms with Crippen LogP contribution in [-0.2, 0) is 11.2 Å². The number of hydrogen-bond acceptors (Lipinski definition) is 3. The van der Waals surface area contributed by atoms with Crippen LogP contribution in [0.5, 0.6) is 0 Å². The normalized spacial score (nSPS) is 20.5. The van der Waals surface area contributed by atoms with Crippen LogP contribution in [0, 0.1) is 0 Å². The SMILES string of the molecule is O=C1NC(=O)[C@H](Cc2ccc(Cl)cc2)S1. The molecular formula is C10H8ClNO2S. The third kappa shape index (κ3) is 2.52. The highest BCUT2D eigenvalue weighted by atomic mass is 35.5. The largest absolute Gasteiger partial charge is 0.286 e. The Kier molecular flexibility index (Phi) is 2.98. The average molecular weight is 242 g/mol. The fourth-order valence-corrected chi connectivity index (χ4v) is 2.35. The molecule has 1 atom stereocenters. The lowest BCUT2D eigenvalue weighted by atomic mass is 10.1. The quantitative estimate of drug-likeness (QED) is 0.864. The monoisotopic (exact) mass is 241 g/mol. The minimum absolute atomic E-state index is 0.208. The Morgan fingerprint density at radius 1 is 1.27 bits per heavy atom. The molecular weight excluding hydrogens is 234 g/mol. The lowest BCUT2D eigenvalue weighted by molar-refractivity contribution is -0.118.